The van der Waals surface area contributed by atoms with Gasteiger partial charge in [-0.05, 0) is 30.3 Å². The second kappa shape index (κ2) is 6.85. The second-order valence-electron chi connectivity index (χ2n) is 4.46. The minimum Gasteiger partial charge on any atom is -0.497 e. The van der Waals surface area contributed by atoms with Gasteiger partial charge in [-0.15, -0.1) is 0 Å². The van der Waals surface area contributed by atoms with Crippen molar-refractivity contribution in [1.82, 2.24) is 0 Å². The Morgan fingerprint density at radius 3 is 1.86 bits per heavy atom. The predicted octanol–water partition coefficient (Wildman–Crippen LogP) is 2.95. The molecule has 116 valence electrons. The van der Waals surface area contributed by atoms with Crippen LogP contribution in [-0.4, -0.2) is 34.2 Å². The first-order chi connectivity index (χ1) is 10.6. The number of benzene rings is 2. The van der Waals surface area contributed by atoms with E-state index in [1.165, 1.54) is 14.2 Å². The van der Waals surface area contributed by atoms with E-state index in [0.29, 0.717) is 34.1 Å². The van der Waals surface area contributed by atoms with Crippen LogP contribution in [-0.2, 0) is 0 Å². The Labute approximate surface area is 129 Å². The predicted molar refractivity (Wildman–Crippen MR) is 82.5 cm³/mol. The molecule has 0 radical (unpaired) electrons. The van der Waals surface area contributed by atoms with Crippen LogP contribution in [0.25, 0.3) is 0 Å². The van der Waals surface area contributed by atoms with Crippen molar-refractivity contribution in [3.05, 3.63) is 47.5 Å². The summed E-state index contributed by atoms with van der Waals surface area (Å²) in [4.78, 5) is 12.8. The maximum Gasteiger partial charge on any atom is 0.200 e. The lowest BCUT2D eigenvalue weighted by atomic mass is 10.0. The lowest BCUT2D eigenvalue weighted by molar-refractivity contribution is 0.103. The number of hydrogen-bond donors (Lipinski definition) is 0. The van der Waals surface area contributed by atoms with Crippen LogP contribution in [0.3, 0.4) is 0 Å². The van der Waals surface area contributed by atoms with Gasteiger partial charge in [0.05, 0.1) is 39.6 Å². The number of carbonyl (C=O) groups excluding carboxylic acids is 1. The lowest BCUT2D eigenvalue weighted by Gasteiger charge is -2.12. The van der Waals surface area contributed by atoms with Gasteiger partial charge in [0.1, 0.15) is 23.0 Å². The quantitative estimate of drug-likeness (QED) is 0.768. The molecule has 0 unspecified atom stereocenters. The Morgan fingerprint density at radius 1 is 0.682 bits per heavy atom. The van der Waals surface area contributed by atoms with Crippen molar-refractivity contribution in [2.45, 2.75) is 0 Å². The van der Waals surface area contributed by atoms with Crippen molar-refractivity contribution in [2.24, 2.45) is 0 Å². The lowest BCUT2D eigenvalue weighted by Crippen LogP contribution is -2.06. The minimum absolute atomic E-state index is 0.213. The van der Waals surface area contributed by atoms with Gasteiger partial charge in [0.25, 0.3) is 0 Å². The standard InChI is InChI=1S/C17H18O5/c1-19-11-6-8-15(21-3)14(9-11)17(18)13-7-5-12(20-2)10-16(13)22-4/h5-10H,1-4H3. The summed E-state index contributed by atoms with van der Waals surface area (Å²) in [6.07, 6.45) is 0. The normalized spacial score (nSPS) is 10.0. The monoisotopic (exact) mass is 302 g/mol. The third-order valence-electron chi connectivity index (χ3n) is 3.30. The van der Waals surface area contributed by atoms with Gasteiger partial charge in [-0.3, -0.25) is 4.79 Å². The molecule has 0 aliphatic heterocycles. The van der Waals surface area contributed by atoms with Gasteiger partial charge in [-0.25, -0.2) is 0 Å². The van der Waals surface area contributed by atoms with E-state index in [1.807, 2.05) is 0 Å². The molecule has 0 heterocycles. The van der Waals surface area contributed by atoms with E-state index in [4.69, 9.17) is 18.9 Å². The Hall–Kier alpha value is -2.69. The first-order valence-electron chi connectivity index (χ1n) is 6.63. The molecule has 2 aromatic rings. The molecule has 0 atom stereocenters. The van der Waals surface area contributed by atoms with Crippen LogP contribution in [0.15, 0.2) is 36.4 Å². The summed E-state index contributed by atoms with van der Waals surface area (Å²) in [5.74, 6) is 1.90. The molecule has 0 bridgehead atoms. The minimum atomic E-state index is -0.213. The second-order valence-corrected chi connectivity index (χ2v) is 4.46. The first kappa shape index (κ1) is 15.7. The summed E-state index contributed by atoms with van der Waals surface area (Å²) in [6.45, 7) is 0. The van der Waals surface area contributed by atoms with Gasteiger partial charge in [0, 0.05) is 6.07 Å². The van der Waals surface area contributed by atoms with Crippen LogP contribution in [0, 0.1) is 0 Å². The molecule has 0 aliphatic carbocycles. The molecule has 0 amide bonds. The van der Waals surface area contributed by atoms with Gasteiger partial charge in [-0.1, -0.05) is 0 Å². The van der Waals surface area contributed by atoms with Crippen molar-refractivity contribution in [1.29, 1.82) is 0 Å². The first-order valence-corrected chi connectivity index (χ1v) is 6.63. The van der Waals surface area contributed by atoms with Crippen molar-refractivity contribution < 1.29 is 23.7 Å². The van der Waals surface area contributed by atoms with Crippen LogP contribution in [0.5, 0.6) is 23.0 Å². The number of rotatable bonds is 6. The summed E-state index contributed by atoms with van der Waals surface area (Å²) < 4.78 is 20.9. The number of methoxy groups -OCH3 is 4. The number of carbonyl (C=O) groups is 1. The fraction of sp³-hybridized carbons (Fsp3) is 0.235. The highest BCUT2D eigenvalue weighted by molar-refractivity contribution is 6.12. The summed E-state index contributed by atoms with van der Waals surface area (Å²) in [5.41, 5.74) is 0.833. The number of ether oxygens (including phenoxy) is 4. The Balaban J connectivity index is 2.52. The average molecular weight is 302 g/mol. The van der Waals surface area contributed by atoms with Crippen LogP contribution < -0.4 is 18.9 Å². The Bertz CT molecular complexity index is 679. The molecule has 2 rings (SSSR count). The van der Waals surface area contributed by atoms with Gasteiger partial charge < -0.3 is 18.9 Å². The van der Waals surface area contributed by atoms with E-state index in [2.05, 4.69) is 0 Å². The molecule has 5 heteroatoms. The highest BCUT2D eigenvalue weighted by Crippen LogP contribution is 2.31. The molecular weight excluding hydrogens is 284 g/mol. The fourth-order valence-electron chi connectivity index (χ4n) is 2.12. The van der Waals surface area contributed by atoms with Crippen molar-refractivity contribution in [3.63, 3.8) is 0 Å². The van der Waals surface area contributed by atoms with Crippen LogP contribution in [0.2, 0.25) is 0 Å². The number of ketones is 1. The highest BCUT2D eigenvalue weighted by Gasteiger charge is 2.19. The molecule has 0 saturated heterocycles. The Morgan fingerprint density at radius 2 is 1.27 bits per heavy atom. The van der Waals surface area contributed by atoms with E-state index in [0.717, 1.165) is 0 Å². The van der Waals surface area contributed by atoms with E-state index in [-0.39, 0.29) is 5.78 Å². The molecule has 0 saturated carbocycles. The van der Waals surface area contributed by atoms with Crippen molar-refractivity contribution in [3.8, 4) is 23.0 Å². The molecule has 0 N–H and O–H groups in total. The third kappa shape index (κ3) is 2.98. The average Bonchev–Trinajstić information content (AvgIpc) is 2.59. The third-order valence-corrected chi connectivity index (χ3v) is 3.30. The zero-order valence-electron chi connectivity index (χ0n) is 13.0. The molecular formula is C17H18O5. The van der Waals surface area contributed by atoms with E-state index in [9.17, 15) is 4.79 Å². The van der Waals surface area contributed by atoms with E-state index in [1.54, 1.807) is 50.6 Å². The summed E-state index contributed by atoms with van der Waals surface area (Å²) >= 11 is 0. The molecule has 5 nitrogen and oxygen atoms in total. The maximum atomic E-state index is 12.8. The molecule has 2 aromatic carbocycles. The summed E-state index contributed by atoms with van der Waals surface area (Å²) in [5, 5.41) is 0. The molecule has 0 aromatic heterocycles. The van der Waals surface area contributed by atoms with Crippen LogP contribution >= 0.6 is 0 Å². The highest BCUT2D eigenvalue weighted by atomic mass is 16.5. The topological polar surface area (TPSA) is 54.0 Å². The van der Waals surface area contributed by atoms with Crippen molar-refractivity contribution in [2.75, 3.05) is 28.4 Å². The van der Waals surface area contributed by atoms with Gasteiger partial charge in [-0.2, -0.15) is 0 Å². The summed E-state index contributed by atoms with van der Waals surface area (Å²) in [7, 11) is 6.13. The number of hydrogen-bond acceptors (Lipinski definition) is 5. The molecule has 0 fully saturated rings. The van der Waals surface area contributed by atoms with Crippen molar-refractivity contribution >= 4 is 5.78 Å². The smallest absolute Gasteiger partial charge is 0.200 e. The molecule has 0 aliphatic rings. The van der Waals surface area contributed by atoms with Crippen LogP contribution in [0.4, 0.5) is 0 Å². The Kier molecular flexibility index (Phi) is 4.88. The molecule has 0 spiro atoms. The van der Waals surface area contributed by atoms with Gasteiger partial charge >= 0.3 is 0 Å². The fourth-order valence-corrected chi connectivity index (χ4v) is 2.12. The molecule has 22 heavy (non-hydrogen) atoms. The maximum absolute atomic E-state index is 12.8. The SMILES string of the molecule is COc1ccc(C(=O)c2cc(OC)ccc2OC)c(OC)c1. The van der Waals surface area contributed by atoms with E-state index >= 15 is 0 Å². The van der Waals surface area contributed by atoms with Crippen LogP contribution in [0.1, 0.15) is 15.9 Å². The zero-order valence-corrected chi connectivity index (χ0v) is 13.0. The van der Waals surface area contributed by atoms with Gasteiger partial charge in [0.15, 0.2) is 0 Å². The zero-order chi connectivity index (χ0) is 16.1. The van der Waals surface area contributed by atoms with E-state index < -0.39 is 0 Å². The summed E-state index contributed by atoms with van der Waals surface area (Å²) in [6, 6.07) is 10.1. The largest absolute Gasteiger partial charge is 0.497 e. The van der Waals surface area contributed by atoms with Gasteiger partial charge in [0.2, 0.25) is 5.78 Å².